The number of nitrogens with zero attached hydrogens (tertiary/aromatic N) is 2. The Morgan fingerprint density at radius 2 is 1.70 bits per heavy atom. The molecule has 102 valence electrons. The van der Waals surface area contributed by atoms with E-state index in [2.05, 4.69) is 15.3 Å². The third-order valence-corrected chi connectivity index (χ3v) is 2.46. The van der Waals surface area contributed by atoms with Crippen LogP contribution in [-0.4, -0.2) is 34.1 Å². The number of aromatic carboxylic acids is 1. The molecule has 1 aromatic heterocycles. The number of carbonyl (C=O) groups is 2. The average Bonchev–Trinajstić information content (AvgIpc) is 2.48. The third kappa shape index (κ3) is 2.89. The van der Waals surface area contributed by atoms with Crippen molar-refractivity contribution in [3.63, 3.8) is 0 Å². The largest absolute Gasteiger partial charge is 0.497 e. The first-order valence-corrected chi connectivity index (χ1v) is 5.61. The summed E-state index contributed by atoms with van der Waals surface area (Å²) in [6.07, 6.45) is 2.48. The fourth-order valence-corrected chi connectivity index (χ4v) is 1.53. The first-order valence-electron chi connectivity index (χ1n) is 5.61. The highest BCUT2D eigenvalue weighted by Crippen LogP contribution is 2.16. The molecule has 0 saturated carbocycles. The average molecular weight is 273 g/mol. The van der Waals surface area contributed by atoms with Crippen LogP contribution in [0.3, 0.4) is 0 Å². The molecule has 20 heavy (non-hydrogen) atoms. The summed E-state index contributed by atoms with van der Waals surface area (Å²) in [6, 6.07) is 6.61. The van der Waals surface area contributed by atoms with E-state index in [9.17, 15) is 9.59 Å². The SMILES string of the molecule is COc1ccc(NC(=O)c2nccnc2C(=O)O)cc1. The molecule has 0 aliphatic carbocycles. The molecule has 0 fully saturated rings. The van der Waals surface area contributed by atoms with Crippen LogP contribution >= 0.6 is 0 Å². The van der Waals surface area contributed by atoms with Crippen LogP contribution in [-0.2, 0) is 0 Å². The second-order valence-electron chi connectivity index (χ2n) is 3.74. The zero-order chi connectivity index (χ0) is 14.5. The second-order valence-corrected chi connectivity index (χ2v) is 3.74. The lowest BCUT2D eigenvalue weighted by molar-refractivity contribution is 0.0685. The maximum Gasteiger partial charge on any atom is 0.356 e. The van der Waals surface area contributed by atoms with Crippen molar-refractivity contribution in [2.75, 3.05) is 12.4 Å². The van der Waals surface area contributed by atoms with Crippen molar-refractivity contribution in [1.29, 1.82) is 0 Å². The summed E-state index contributed by atoms with van der Waals surface area (Å²) in [6.45, 7) is 0. The molecule has 0 atom stereocenters. The van der Waals surface area contributed by atoms with Gasteiger partial charge in [-0.2, -0.15) is 0 Å². The molecule has 7 heteroatoms. The summed E-state index contributed by atoms with van der Waals surface area (Å²) in [4.78, 5) is 30.3. The zero-order valence-electron chi connectivity index (χ0n) is 10.5. The summed E-state index contributed by atoms with van der Waals surface area (Å²) >= 11 is 0. The summed E-state index contributed by atoms with van der Waals surface area (Å²) < 4.78 is 5.00. The molecule has 2 N–H and O–H groups in total. The van der Waals surface area contributed by atoms with E-state index in [1.807, 2.05) is 0 Å². The molecular formula is C13H11N3O4. The second kappa shape index (κ2) is 5.79. The molecule has 2 aromatic rings. The standard InChI is InChI=1S/C13H11N3O4/c1-20-9-4-2-8(3-5-9)16-12(17)10-11(13(18)19)15-7-6-14-10/h2-7H,1H3,(H,16,17)(H,18,19). The predicted molar refractivity (Wildman–Crippen MR) is 69.9 cm³/mol. The van der Waals surface area contributed by atoms with Gasteiger partial charge < -0.3 is 15.2 Å². The molecule has 0 unspecified atom stereocenters. The molecule has 0 radical (unpaired) electrons. The lowest BCUT2D eigenvalue weighted by Gasteiger charge is -2.07. The Labute approximate surface area is 114 Å². The van der Waals surface area contributed by atoms with Crippen molar-refractivity contribution in [3.8, 4) is 5.75 Å². The Kier molecular flexibility index (Phi) is 3.90. The smallest absolute Gasteiger partial charge is 0.356 e. The highest BCUT2D eigenvalue weighted by atomic mass is 16.5. The number of carbonyl (C=O) groups excluding carboxylic acids is 1. The number of amides is 1. The highest BCUT2D eigenvalue weighted by Gasteiger charge is 2.19. The van der Waals surface area contributed by atoms with E-state index in [1.54, 1.807) is 24.3 Å². The van der Waals surface area contributed by atoms with Crippen LogP contribution < -0.4 is 10.1 Å². The van der Waals surface area contributed by atoms with Crippen LogP contribution in [0.15, 0.2) is 36.7 Å². The number of benzene rings is 1. The number of nitrogens with one attached hydrogen (secondary N) is 1. The van der Waals surface area contributed by atoms with E-state index in [0.717, 1.165) is 0 Å². The Balaban J connectivity index is 2.21. The fourth-order valence-electron chi connectivity index (χ4n) is 1.53. The summed E-state index contributed by atoms with van der Waals surface area (Å²) in [5.41, 5.74) is -0.132. The first kappa shape index (κ1) is 13.5. The minimum Gasteiger partial charge on any atom is -0.497 e. The Morgan fingerprint density at radius 1 is 1.10 bits per heavy atom. The van der Waals surface area contributed by atoms with E-state index in [4.69, 9.17) is 9.84 Å². The number of ether oxygens (including phenoxy) is 1. The maximum atomic E-state index is 12.0. The van der Waals surface area contributed by atoms with Crippen molar-refractivity contribution < 1.29 is 19.4 Å². The normalized spacial score (nSPS) is 9.85. The summed E-state index contributed by atoms with van der Waals surface area (Å²) in [5.74, 6) is -1.30. The quantitative estimate of drug-likeness (QED) is 0.873. The lowest BCUT2D eigenvalue weighted by atomic mass is 10.2. The molecule has 0 saturated heterocycles. The minimum absolute atomic E-state index is 0.240. The fraction of sp³-hybridized carbons (Fsp3) is 0.0769. The molecule has 0 aliphatic heterocycles. The number of methoxy groups -OCH3 is 1. The van der Waals surface area contributed by atoms with Gasteiger partial charge in [0.1, 0.15) is 5.75 Å². The van der Waals surface area contributed by atoms with Gasteiger partial charge >= 0.3 is 5.97 Å². The summed E-state index contributed by atoms with van der Waals surface area (Å²) in [7, 11) is 1.53. The van der Waals surface area contributed by atoms with Gasteiger partial charge in [0.05, 0.1) is 7.11 Å². The predicted octanol–water partition coefficient (Wildman–Crippen LogP) is 1.44. The van der Waals surface area contributed by atoms with Crippen LogP contribution in [0, 0.1) is 0 Å². The topological polar surface area (TPSA) is 101 Å². The van der Waals surface area contributed by atoms with Gasteiger partial charge in [-0.05, 0) is 24.3 Å². The van der Waals surface area contributed by atoms with E-state index >= 15 is 0 Å². The van der Waals surface area contributed by atoms with E-state index in [1.165, 1.54) is 19.5 Å². The number of aromatic nitrogens is 2. The van der Waals surface area contributed by atoms with Crippen molar-refractivity contribution in [2.24, 2.45) is 0 Å². The molecule has 0 spiro atoms. The van der Waals surface area contributed by atoms with Gasteiger partial charge in [0, 0.05) is 18.1 Å². The molecule has 1 aromatic carbocycles. The third-order valence-electron chi connectivity index (χ3n) is 2.46. The number of anilines is 1. The minimum atomic E-state index is -1.31. The zero-order valence-corrected chi connectivity index (χ0v) is 10.5. The Hall–Kier alpha value is -2.96. The summed E-state index contributed by atoms with van der Waals surface area (Å²) in [5, 5.41) is 11.5. The van der Waals surface area contributed by atoms with Crippen molar-refractivity contribution in [1.82, 2.24) is 9.97 Å². The van der Waals surface area contributed by atoms with Crippen LogP contribution in [0.2, 0.25) is 0 Å². The monoisotopic (exact) mass is 273 g/mol. The van der Waals surface area contributed by atoms with E-state index in [0.29, 0.717) is 11.4 Å². The van der Waals surface area contributed by atoms with Gasteiger partial charge in [-0.25, -0.2) is 14.8 Å². The molecule has 0 aliphatic rings. The maximum absolute atomic E-state index is 12.0. The van der Waals surface area contributed by atoms with Gasteiger partial charge in [0.2, 0.25) is 0 Å². The van der Waals surface area contributed by atoms with E-state index < -0.39 is 17.6 Å². The number of hydrogen-bond acceptors (Lipinski definition) is 5. The molecule has 0 bridgehead atoms. The first-order chi connectivity index (χ1) is 9.61. The Bertz CT molecular complexity index is 640. The number of carboxylic acids is 1. The van der Waals surface area contributed by atoms with Crippen LogP contribution in [0.1, 0.15) is 21.0 Å². The molecule has 7 nitrogen and oxygen atoms in total. The molecular weight excluding hydrogens is 262 g/mol. The molecule has 1 amide bonds. The van der Waals surface area contributed by atoms with Crippen LogP contribution in [0.4, 0.5) is 5.69 Å². The Morgan fingerprint density at radius 3 is 2.25 bits per heavy atom. The lowest BCUT2D eigenvalue weighted by Crippen LogP contribution is -2.19. The van der Waals surface area contributed by atoms with Crippen molar-refractivity contribution in [2.45, 2.75) is 0 Å². The van der Waals surface area contributed by atoms with Crippen LogP contribution in [0.25, 0.3) is 0 Å². The number of carboxylic acid groups (broad SMARTS) is 1. The van der Waals surface area contributed by atoms with Gasteiger partial charge in [0.25, 0.3) is 5.91 Å². The number of hydrogen-bond donors (Lipinski definition) is 2. The molecule has 2 rings (SSSR count). The van der Waals surface area contributed by atoms with Gasteiger partial charge in [0.15, 0.2) is 11.4 Å². The van der Waals surface area contributed by atoms with E-state index in [-0.39, 0.29) is 5.69 Å². The van der Waals surface area contributed by atoms with Gasteiger partial charge in [-0.1, -0.05) is 0 Å². The van der Waals surface area contributed by atoms with Crippen molar-refractivity contribution >= 4 is 17.6 Å². The van der Waals surface area contributed by atoms with Crippen molar-refractivity contribution in [3.05, 3.63) is 48.0 Å². The number of rotatable bonds is 4. The molecule has 1 heterocycles. The highest BCUT2D eigenvalue weighted by molar-refractivity contribution is 6.08. The van der Waals surface area contributed by atoms with Crippen LogP contribution in [0.5, 0.6) is 5.75 Å². The van der Waals surface area contributed by atoms with Gasteiger partial charge in [-0.15, -0.1) is 0 Å². The van der Waals surface area contributed by atoms with Gasteiger partial charge in [-0.3, -0.25) is 4.79 Å².